The van der Waals surface area contributed by atoms with Crippen molar-refractivity contribution in [3.05, 3.63) is 33.8 Å². The van der Waals surface area contributed by atoms with Crippen LogP contribution in [0.15, 0.2) is 27.8 Å². The minimum Gasteiger partial charge on any atom is -0.290 e. The average Bonchev–Trinajstić information content (AvgIpc) is 2.82. The molecule has 0 aliphatic carbocycles. The standard InChI is InChI=1S/C10H11BrN6OS/c1-17-10(14-15-16-17)19-5-7-3-2-6(4-8(7)11)9(18)13-12/h2-4H,5,12H2,1H3,(H,13,18). The number of aryl methyl sites for hydroxylation is 1. The Hall–Kier alpha value is -1.45. The summed E-state index contributed by atoms with van der Waals surface area (Å²) in [5.41, 5.74) is 3.64. The second-order valence-corrected chi connectivity index (χ2v) is 5.45. The zero-order chi connectivity index (χ0) is 13.8. The number of hydrogen-bond acceptors (Lipinski definition) is 6. The number of nitrogens with one attached hydrogen (secondary N) is 1. The minimum atomic E-state index is -0.322. The Bertz CT molecular complexity index is 601. The largest absolute Gasteiger partial charge is 0.290 e. The normalized spacial score (nSPS) is 10.5. The summed E-state index contributed by atoms with van der Waals surface area (Å²) in [4.78, 5) is 11.4. The minimum absolute atomic E-state index is 0.322. The number of aromatic nitrogens is 4. The van der Waals surface area contributed by atoms with Crippen LogP contribution in [0.4, 0.5) is 0 Å². The van der Waals surface area contributed by atoms with Crippen LogP contribution in [0.1, 0.15) is 15.9 Å². The van der Waals surface area contributed by atoms with Crippen molar-refractivity contribution in [2.75, 3.05) is 0 Å². The third-order valence-corrected chi connectivity index (χ3v) is 4.18. The summed E-state index contributed by atoms with van der Waals surface area (Å²) in [5, 5.41) is 11.9. The van der Waals surface area contributed by atoms with Gasteiger partial charge in [-0.25, -0.2) is 10.5 Å². The van der Waals surface area contributed by atoms with E-state index in [-0.39, 0.29) is 5.91 Å². The van der Waals surface area contributed by atoms with E-state index < -0.39 is 0 Å². The number of hydrazine groups is 1. The second kappa shape index (κ2) is 6.13. The Kier molecular flexibility index (Phi) is 4.51. The monoisotopic (exact) mass is 342 g/mol. The van der Waals surface area contributed by atoms with E-state index >= 15 is 0 Å². The predicted molar refractivity (Wildman–Crippen MR) is 74.2 cm³/mol. The van der Waals surface area contributed by atoms with Crippen molar-refractivity contribution in [1.82, 2.24) is 25.6 Å². The molecule has 0 unspecified atom stereocenters. The van der Waals surface area contributed by atoms with E-state index in [1.54, 1.807) is 23.9 Å². The number of carbonyl (C=O) groups excluding carboxylic acids is 1. The quantitative estimate of drug-likeness (QED) is 0.370. The number of thioether (sulfide) groups is 1. The van der Waals surface area contributed by atoms with Crippen LogP contribution in [0.25, 0.3) is 0 Å². The number of benzene rings is 1. The molecule has 1 amide bonds. The highest BCUT2D eigenvalue weighted by Gasteiger charge is 2.09. The van der Waals surface area contributed by atoms with Crippen LogP contribution < -0.4 is 11.3 Å². The van der Waals surface area contributed by atoms with Crippen LogP contribution in [0.2, 0.25) is 0 Å². The van der Waals surface area contributed by atoms with Gasteiger partial charge in [0.2, 0.25) is 5.16 Å². The lowest BCUT2D eigenvalue weighted by Crippen LogP contribution is -2.29. The summed E-state index contributed by atoms with van der Waals surface area (Å²) < 4.78 is 2.45. The molecular weight excluding hydrogens is 332 g/mol. The van der Waals surface area contributed by atoms with E-state index in [0.717, 1.165) is 15.2 Å². The molecule has 0 atom stereocenters. The third-order valence-electron chi connectivity index (χ3n) is 2.38. The molecule has 3 N–H and O–H groups in total. The highest BCUT2D eigenvalue weighted by Crippen LogP contribution is 2.26. The molecule has 2 rings (SSSR count). The van der Waals surface area contributed by atoms with E-state index in [4.69, 9.17) is 5.84 Å². The Morgan fingerprint density at radius 1 is 1.58 bits per heavy atom. The topological polar surface area (TPSA) is 98.7 Å². The summed E-state index contributed by atoms with van der Waals surface area (Å²) in [7, 11) is 1.78. The molecule has 1 aromatic heterocycles. The Morgan fingerprint density at radius 2 is 2.37 bits per heavy atom. The summed E-state index contributed by atoms with van der Waals surface area (Å²) in [6.45, 7) is 0. The molecule has 0 fully saturated rings. The highest BCUT2D eigenvalue weighted by molar-refractivity contribution is 9.10. The van der Waals surface area contributed by atoms with Crippen molar-refractivity contribution >= 4 is 33.6 Å². The Labute approximate surface area is 122 Å². The number of nitrogen functional groups attached to an aromatic ring is 1. The molecule has 0 spiro atoms. The van der Waals surface area contributed by atoms with Crippen molar-refractivity contribution < 1.29 is 4.79 Å². The first-order valence-corrected chi connectivity index (χ1v) is 7.04. The van der Waals surface area contributed by atoms with E-state index in [9.17, 15) is 4.79 Å². The van der Waals surface area contributed by atoms with Gasteiger partial charge in [-0.05, 0) is 28.1 Å². The fraction of sp³-hybridized carbons (Fsp3) is 0.200. The first-order chi connectivity index (χ1) is 9.11. The predicted octanol–water partition coefficient (Wildman–Crippen LogP) is 0.868. The molecule has 7 nitrogen and oxygen atoms in total. The fourth-order valence-electron chi connectivity index (χ4n) is 1.37. The maximum atomic E-state index is 11.4. The van der Waals surface area contributed by atoms with Gasteiger partial charge in [0.15, 0.2) is 0 Å². The summed E-state index contributed by atoms with van der Waals surface area (Å²) in [6.07, 6.45) is 0. The van der Waals surface area contributed by atoms with Crippen molar-refractivity contribution in [3.8, 4) is 0 Å². The molecule has 0 saturated carbocycles. The van der Waals surface area contributed by atoms with E-state index in [2.05, 4.69) is 36.9 Å². The maximum Gasteiger partial charge on any atom is 0.265 e. The van der Waals surface area contributed by atoms with Crippen LogP contribution in [0.3, 0.4) is 0 Å². The number of halogens is 1. The lowest BCUT2D eigenvalue weighted by Gasteiger charge is -2.06. The zero-order valence-corrected chi connectivity index (χ0v) is 12.4. The number of tetrazole rings is 1. The van der Waals surface area contributed by atoms with Gasteiger partial charge < -0.3 is 0 Å². The van der Waals surface area contributed by atoms with Crippen LogP contribution in [0, 0.1) is 0 Å². The number of nitrogens with two attached hydrogens (primary N) is 1. The molecule has 100 valence electrons. The number of rotatable bonds is 4. The van der Waals surface area contributed by atoms with E-state index in [1.807, 2.05) is 6.07 Å². The number of hydrogen-bond donors (Lipinski definition) is 2. The molecule has 19 heavy (non-hydrogen) atoms. The molecule has 0 aliphatic heterocycles. The summed E-state index contributed by atoms with van der Waals surface area (Å²) in [5.74, 6) is 5.46. The van der Waals surface area contributed by atoms with Gasteiger partial charge in [0.05, 0.1) is 0 Å². The van der Waals surface area contributed by atoms with Gasteiger partial charge in [0.25, 0.3) is 5.91 Å². The van der Waals surface area contributed by atoms with Gasteiger partial charge in [-0.1, -0.05) is 33.8 Å². The highest BCUT2D eigenvalue weighted by atomic mass is 79.9. The molecule has 0 radical (unpaired) electrons. The second-order valence-electron chi connectivity index (χ2n) is 3.65. The van der Waals surface area contributed by atoms with Gasteiger partial charge in [0.1, 0.15) is 0 Å². The van der Waals surface area contributed by atoms with E-state index in [1.165, 1.54) is 11.8 Å². The fourth-order valence-corrected chi connectivity index (χ4v) is 2.93. The van der Waals surface area contributed by atoms with Gasteiger partial charge in [-0.2, -0.15) is 0 Å². The molecule has 1 heterocycles. The molecule has 1 aromatic carbocycles. The van der Waals surface area contributed by atoms with Crippen LogP contribution in [0.5, 0.6) is 0 Å². The summed E-state index contributed by atoms with van der Waals surface area (Å²) >= 11 is 4.95. The van der Waals surface area contributed by atoms with Crippen molar-refractivity contribution in [2.24, 2.45) is 12.9 Å². The number of nitrogens with zero attached hydrogens (tertiary/aromatic N) is 4. The average molecular weight is 343 g/mol. The van der Waals surface area contributed by atoms with Gasteiger partial charge in [-0.15, -0.1) is 5.10 Å². The molecule has 0 saturated heterocycles. The molecule has 2 aromatic rings. The Morgan fingerprint density at radius 3 is 2.95 bits per heavy atom. The first-order valence-electron chi connectivity index (χ1n) is 5.26. The molecule has 9 heteroatoms. The third kappa shape index (κ3) is 3.31. The zero-order valence-electron chi connectivity index (χ0n) is 10.00. The summed E-state index contributed by atoms with van der Waals surface area (Å²) in [6, 6.07) is 5.32. The first kappa shape index (κ1) is 14.0. The van der Waals surface area contributed by atoms with Gasteiger partial charge in [0, 0.05) is 22.8 Å². The molecule has 0 aliphatic rings. The van der Waals surface area contributed by atoms with Crippen molar-refractivity contribution in [3.63, 3.8) is 0 Å². The van der Waals surface area contributed by atoms with Crippen LogP contribution in [-0.4, -0.2) is 26.1 Å². The number of carbonyl (C=O) groups is 1. The van der Waals surface area contributed by atoms with Crippen molar-refractivity contribution in [1.29, 1.82) is 0 Å². The van der Waals surface area contributed by atoms with Crippen LogP contribution >= 0.6 is 27.7 Å². The molecular formula is C10H11BrN6OS. The van der Waals surface area contributed by atoms with Gasteiger partial charge in [-0.3, -0.25) is 10.2 Å². The maximum absolute atomic E-state index is 11.4. The smallest absolute Gasteiger partial charge is 0.265 e. The van der Waals surface area contributed by atoms with Gasteiger partial charge >= 0.3 is 0 Å². The number of amides is 1. The van der Waals surface area contributed by atoms with Crippen molar-refractivity contribution in [2.45, 2.75) is 10.9 Å². The lowest BCUT2D eigenvalue weighted by molar-refractivity contribution is 0.0953. The Balaban J connectivity index is 2.09. The SMILES string of the molecule is Cn1nnnc1SCc1ccc(C(=O)NN)cc1Br. The van der Waals surface area contributed by atoms with Crippen LogP contribution in [-0.2, 0) is 12.8 Å². The lowest BCUT2D eigenvalue weighted by atomic mass is 10.1. The van der Waals surface area contributed by atoms with E-state index in [0.29, 0.717) is 11.3 Å². The molecule has 0 bridgehead atoms.